The predicted molar refractivity (Wildman–Crippen MR) is 79.4 cm³/mol. The van der Waals surface area contributed by atoms with Crippen molar-refractivity contribution in [2.45, 2.75) is 26.8 Å². The molecule has 5 nitrogen and oxygen atoms in total. The molecule has 0 unspecified atom stereocenters. The van der Waals surface area contributed by atoms with Gasteiger partial charge in [0.15, 0.2) is 0 Å². The normalized spacial score (nSPS) is 10.6. The third-order valence-corrected chi connectivity index (χ3v) is 4.18. The van der Waals surface area contributed by atoms with Crippen LogP contribution in [0, 0.1) is 6.92 Å². The lowest BCUT2D eigenvalue weighted by Crippen LogP contribution is -2.23. The van der Waals surface area contributed by atoms with Crippen molar-refractivity contribution >= 4 is 17.2 Å². The van der Waals surface area contributed by atoms with Crippen molar-refractivity contribution in [2.24, 2.45) is 7.05 Å². The highest BCUT2D eigenvalue weighted by molar-refractivity contribution is 7.10. The molecule has 2 aromatic heterocycles. The minimum atomic E-state index is -0.150. The Morgan fingerprint density at radius 1 is 1.55 bits per heavy atom. The van der Waals surface area contributed by atoms with E-state index in [0.29, 0.717) is 23.7 Å². The molecule has 0 atom stereocenters. The number of aryl methyl sites for hydroxylation is 3. The zero-order valence-electron chi connectivity index (χ0n) is 12.2. The minimum Gasteiger partial charge on any atom is -0.481 e. The van der Waals surface area contributed by atoms with Gasteiger partial charge in [0.2, 0.25) is 5.88 Å². The van der Waals surface area contributed by atoms with Crippen LogP contribution >= 0.6 is 11.3 Å². The van der Waals surface area contributed by atoms with Gasteiger partial charge in [-0.05, 0) is 30.4 Å². The number of carbonyl (C=O) groups is 1. The maximum atomic E-state index is 12.3. The van der Waals surface area contributed by atoms with Crippen LogP contribution in [-0.4, -0.2) is 22.8 Å². The summed E-state index contributed by atoms with van der Waals surface area (Å²) >= 11 is 1.66. The second-order valence-electron chi connectivity index (χ2n) is 4.50. The molecular weight excluding hydrogens is 274 g/mol. The van der Waals surface area contributed by atoms with Crippen molar-refractivity contribution in [1.29, 1.82) is 0 Å². The fraction of sp³-hybridized carbons (Fsp3) is 0.429. The van der Waals surface area contributed by atoms with Crippen molar-refractivity contribution in [3.05, 3.63) is 33.1 Å². The molecule has 0 fully saturated rings. The standard InChI is InChI=1S/C14H19N3O2S/c1-5-10-6-7-20-11(10)8-15-13(18)12-9(2)16-17(3)14(12)19-4/h6-7H,5,8H2,1-4H3,(H,15,18). The Morgan fingerprint density at radius 2 is 2.30 bits per heavy atom. The number of nitrogens with one attached hydrogen (secondary N) is 1. The summed E-state index contributed by atoms with van der Waals surface area (Å²) in [4.78, 5) is 13.5. The van der Waals surface area contributed by atoms with E-state index in [1.165, 1.54) is 10.4 Å². The molecule has 0 radical (unpaired) electrons. The Balaban J connectivity index is 2.13. The number of rotatable bonds is 5. The van der Waals surface area contributed by atoms with E-state index in [4.69, 9.17) is 4.74 Å². The van der Waals surface area contributed by atoms with Crippen LogP contribution in [0.2, 0.25) is 0 Å². The van der Waals surface area contributed by atoms with Crippen LogP contribution in [0.4, 0.5) is 0 Å². The van der Waals surface area contributed by atoms with E-state index in [-0.39, 0.29) is 5.91 Å². The topological polar surface area (TPSA) is 56.2 Å². The summed E-state index contributed by atoms with van der Waals surface area (Å²) in [6.45, 7) is 4.46. The van der Waals surface area contributed by atoms with E-state index in [0.717, 1.165) is 6.42 Å². The predicted octanol–water partition coefficient (Wildman–Crippen LogP) is 2.29. The molecule has 2 aromatic rings. The van der Waals surface area contributed by atoms with Gasteiger partial charge in [-0.1, -0.05) is 6.92 Å². The molecule has 2 heterocycles. The molecular formula is C14H19N3O2S. The molecule has 0 aliphatic rings. The molecule has 20 heavy (non-hydrogen) atoms. The van der Waals surface area contributed by atoms with Crippen molar-refractivity contribution in [3.8, 4) is 5.88 Å². The lowest BCUT2D eigenvalue weighted by molar-refractivity contribution is 0.0947. The maximum absolute atomic E-state index is 12.3. The van der Waals surface area contributed by atoms with E-state index in [1.807, 2.05) is 0 Å². The molecule has 0 aromatic carbocycles. The summed E-state index contributed by atoms with van der Waals surface area (Å²) < 4.78 is 6.82. The van der Waals surface area contributed by atoms with E-state index in [2.05, 4.69) is 28.8 Å². The van der Waals surface area contributed by atoms with E-state index in [9.17, 15) is 4.79 Å². The zero-order valence-corrected chi connectivity index (χ0v) is 13.0. The highest BCUT2D eigenvalue weighted by Crippen LogP contribution is 2.21. The van der Waals surface area contributed by atoms with Gasteiger partial charge in [-0.15, -0.1) is 11.3 Å². The van der Waals surface area contributed by atoms with Crippen molar-refractivity contribution in [1.82, 2.24) is 15.1 Å². The van der Waals surface area contributed by atoms with Gasteiger partial charge in [-0.25, -0.2) is 4.68 Å². The molecule has 1 amide bonds. The number of aromatic nitrogens is 2. The summed E-state index contributed by atoms with van der Waals surface area (Å²) in [5, 5.41) is 9.21. The fourth-order valence-corrected chi connectivity index (χ4v) is 3.13. The molecule has 0 aliphatic heterocycles. The van der Waals surface area contributed by atoms with E-state index < -0.39 is 0 Å². The third-order valence-electron chi connectivity index (χ3n) is 3.22. The number of methoxy groups -OCH3 is 1. The van der Waals surface area contributed by atoms with Crippen molar-refractivity contribution in [2.75, 3.05) is 7.11 Å². The van der Waals surface area contributed by atoms with Crippen LogP contribution in [0.3, 0.4) is 0 Å². The highest BCUT2D eigenvalue weighted by atomic mass is 32.1. The van der Waals surface area contributed by atoms with Crippen LogP contribution in [0.1, 0.15) is 33.4 Å². The summed E-state index contributed by atoms with van der Waals surface area (Å²) in [5.74, 6) is 0.338. The van der Waals surface area contributed by atoms with Crippen LogP contribution in [-0.2, 0) is 20.0 Å². The quantitative estimate of drug-likeness (QED) is 0.920. The van der Waals surface area contributed by atoms with Gasteiger partial charge in [0.05, 0.1) is 19.3 Å². The van der Waals surface area contributed by atoms with Gasteiger partial charge >= 0.3 is 0 Å². The van der Waals surface area contributed by atoms with E-state index in [1.54, 1.807) is 37.1 Å². The monoisotopic (exact) mass is 293 g/mol. The molecule has 6 heteroatoms. The number of hydrogen-bond acceptors (Lipinski definition) is 4. The summed E-state index contributed by atoms with van der Waals surface area (Å²) in [5.41, 5.74) is 2.46. The summed E-state index contributed by atoms with van der Waals surface area (Å²) in [6, 6.07) is 2.10. The molecule has 0 bridgehead atoms. The fourth-order valence-electron chi connectivity index (χ4n) is 2.22. The number of ether oxygens (including phenoxy) is 1. The Labute approximate surface area is 122 Å². The number of thiophene rings is 1. The molecule has 2 rings (SSSR count). The zero-order chi connectivity index (χ0) is 14.7. The lowest BCUT2D eigenvalue weighted by atomic mass is 10.2. The van der Waals surface area contributed by atoms with Gasteiger partial charge in [0, 0.05) is 11.9 Å². The molecule has 0 saturated heterocycles. The molecule has 108 valence electrons. The number of amides is 1. The largest absolute Gasteiger partial charge is 0.481 e. The van der Waals surface area contributed by atoms with Crippen molar-refractivity contribution in [3.63, 3.8) is 0 Å². The first kappa shape index (κ1) is 14.6. The van der Waals surface area contributed by atoms with Crippen LogP contribution in [0.25, 0.3) is 0 Å². The first-order chi connectivity index (χ1) is 9.58. The second-order valence-corrected chi connectivity index (χ2v) is 5.50. The minimum absolute atomic E-state index is 0.150. The van der Waals surface area contributed by atoms with Crippen LogP contribution in [0.15, 0.2) is 11.4 Å². The average molecular weight is 293 g/mol. The highest BCUT2D eigenvalue weighted by Gasteiger charge is 2.21. The van der Waals surface area contributed by atoms with Gasteiger partial charge < -0.3 is 10.1 Å². The number of nitrogens with zero attached hydrogens (tertiary/aromatic N) is 2. The Hall–Kier alpha value is -1.82. The lowest BCUT2D eigenvalue weighted by Gasteiger charge is -2.07. The van der Waals surface area contributed by atoms with Crippen molar-refractivity contribution < 1.29 is 9.53 Å². The second kappa shape index (κ2) is 6.09. The number of carbonyl (C=O) groups excluding carboxylic acids is 1. The Bertz CT molecular complexity index is 616. The van der Waals surface area contributed by atoms with Crippen LogP contribution in [0.5, 0.6) is 5.88 Å². The molecule has 0 saturated carbocycles. The summed E-state index contributed by atoms with van der Waals surface area (Å²) in [6.07, 6.45) is 0.976. The van der Waals surface area contributed by atoms with Gasteiger partial charge in [0.1, 0.15) is 5.56 Å². The smallest absolute Gasteiger partial charge is 0.258 e. The first-order valence-corrected chi connectivity index (χ1v) is 7.37. The molecule has 1 N–H and O–H groups in total. The number of hydrogen-bond donors (Lipinski definition) is 1. The third kappa shape index (κ3) is 2.70. The van der Waals surface area contributed by atoms with Gasteiger partial charge in [-0.3, -0.25) is 4.79 Å². The van der Waals surface area contributed by atoms with Gasteiger partial charge in [0.25, 0.3) is 5.91 Å². The first-order valence-electron chi connectivity index (χ1n) is 6.49. The average Bonchev–Trinajstić information content (AvgIpc) is 2.99. The SMILES string of the molecule is CCc1ccsc1CNC(=O)c1c(C)nn(C)c1OC. The van der Waals surface area contributed by atoms with Crippen LogP contribution < -0.4 is 10.1 Å². The maximum Gasteiger partial charge on any atom is 0.258 e. The molecule has 0 aliphatic carbocycles. The van der Waals surface area contributed by atoms with E-state index >= 15 is 0 Å². The molecule has 0 spiro atoms. The Kier molecular flexibility index (Phi) is 4.44. The van der Waals surface area contributed by atoms with Gasteiger partial charge in [-0.2, -0.15) is 5.10 Å². The Morgan fingerprint density at radius 3 is 2.95 bits per heavy atom. The summed E-state index contributed by atoms with van der Waals surface area (Å²) in [7, 11) is 3.30.